The minimum atomic E-state index is -0.178. The van der Waals surface area contributed by atoms with E-state index in [0.717, 1.165) is 17.0 Å². The van der Waals surface area contributed by atoms with Crippen molar-refractivity contribution in [3.63, 3.8) is 0 Å². The second kappa shape index (κ2) is 5.78. The number of rotatable bonds is 2. The molecule has 118 valence electrons. The number of carbonyl (C=O) groups excluding carboxylic acids is 1. The van der Waals surface area contributed by atoms with E-state index in [-0.39, 0.29) is 22.9 Å². The highest BCUT2D eigenvalue weighted by Crippen LogP contribution is 2.30. The lowest BCUT2D eigenvalue weighted by Gasteiger charge is -2.35. The number of amides is 1. The van der Waals surface area contributed by atoms with Crippen molar-refractivity contribution < 1.29 is 13.9 Å². The molecule has 1 fully saturated rings. The average Bonchev–Trinajstić information content (AvgIpc) is 3.03. The summed E-state index contributed by atoms with van der Waals surface area (Å²) in [6.07, 6.45) is 0. The van der Waals surface area contributed by atoms with Crippen molar-refractivity contribution in [2.45, 2.75) is 19.9 Å². The van der Waals surface area contributed by atoms with E-state index in [0.29, 0.717) is 19.8 Å². The van der Waals surface area contributed by atoms with Crippen LogP contribution in [-0.2, 0) is 11.8 Å². The van der Waals surface area contributed by atoms with Crippen molar-refractivity contribution >= 4 is 17.5 Å². The number of carbonyl (C=O) groups is 1. The summed E-state index contributed by atoms with van der Waals surface area (Å²) < 4.78 is 12.7. The van der Waals surface area contributed by atoms with Crippen LogP contribution in [0.5, 0.6) is 0 Å². The summed E-state index contributed by atoms with van der Waals surface area (Å²) in [5, 5.41) is 4.65. The van der Waals surface area contributed by atoms with Crippen LogP contribution >= 0.6 is 11.6 Å². The van der Waals surface area contributed by atoms with Crippen LogP contribution in [0.25, 0.3) is 0 Å². The van der Waals surface area contributed by atoms with E-state index in [1.807, 2.05) is 25.6 Å². The van der Waals surface area contributed by atoms with Gasteiger partial charge in [-0.2, -0.15) is 5.10 Å². The summed E-state index contributed by atoms with van der Waals surface area (Å²) >= 11 is 5.78. The molecule has 0 bridgehead atoms. The van der Waals surface area contributed by atoms with E-state index in [4.69, 9.17) is 20.8 Å². The molecule has 1 aliphatic rings. The third-order valence-corrected chi connectivity index (χ3v) is 4.27. The van der Waals surface area contributed by atoms with E-state index in [2.05, 4.69) is 5.10 Å². The molecule has 0 unspecified atom stereocenters. The van der Waals surface area contributed by atoms with Crippen molar-refractivity contribution in [1.82, 2.24) is 14.7 Å². The van der Waals surface area contributed by atoms with Gasteiger partial charge in [-0.1, -0.05) is 0 Å². The van der Waals surface area contributed by atoms with E-state index >= 15 is 0 Å². The topological polar surface area (TPSA) is 60.5 Å². The third kappa shape index (κ3) is 2.53. The number of hydrogen-bond acceptors (Lipinski definition) is 4. The van der Waals surface area contributed by atoms with Gasteiger partial charge in [0.25, 0.3) is 5.91 Å². The molecule has 0 saturated carbocycles. The van der Waals surface area contributed by atoms with Crippen LogP contribution in [0.1, 0.15) is 33.5 Å². The molecule has 0 spiro atoms. The van der Waals surface area contributed by atoms with Crippen molar-refractivity contribution in [2.24, 2.45) is 7.05 Å². The predicted molar refractivity (Wildman–Crippen MR) is 81.0 cm³/mol. The first-order chi connectivity index (χ1) is 10.5. The fourth-order valence-electron chi connectivity index (χ4n) is 2.93. The van der Waals surface area contributed by atoms with E-state index < -0.39 is 0 Å². The molecule has 0 radical (unpaired) electrons. The Hall–Kier alpha value is -1.79. The summed E-state index contributed by atoms with van der Waals surface area (Å²) in [5.41, 5.74) is 2.97. The Kier molecular flexibility index (Phi) is 3.97. The van der Waals surface area contributed by atoms with Crippen LogP contribution < -0.4 is 0 Å². The maximum Gasteiger partial charge on any atom is 0.290 e. The molecule has 1 atom stereocenters. The Morgan fingerprint density at radius 1 is 1.41 bits per heavy atom. The van der Waals surface area contributed by atoms with Gasteiger partial charge in [0.2, 0.25) is 0 Å². The molecule has 22 heavy (non-hydrogen) atoms. The monoisotopic (exact) mass is 323 g/mol. The first kappa shape index (κ1) is 15.1. The third-order valence-electron chi connectivity index (χ3n) is 4.07. The maximum atomic E-state index is 12.7. The molecule has 0 aliphatic carbocycles. The number of morpholine rings is 1. The average molecular weight is 324 g/mol. The summed E-state index contributed by atoms with van der Waals surface area (Å²) in [4.78, 5) is 14.5. The quantitative estimate of drug-likeness (QED) is 0.852. The molecule has 2 aromatic heterocycles. The molecule has 1 saturated heterocycles. The van der Waals surface area contributed by atoms with E-state index in [9.17, 15) is 4.79 Å². The zero-order valence-corrected chi connectivity index (χ0v) is 13.6. The highest BCUT2D eigenvalue weighted by Gasteiger charge is 2.34. The Morgan fingerprint density at radius 3 is 2.77 bits per heavy atom. The number of aryl methyl sites for hydroxylation is 2. The first-order valence-corrected chi connectivity index (χ1v) is 7.51. The number of nitrogens with zero attached hydrogens (tertiary/aromatic N) is 3. The minimum Gasteiger partial charge on any atom is -0.440 e. The summed E-state index contributed by atoms with van der Waals surface area (Å²) in [5.74, 6) is 0.0685. The van der Waals surface area contributed by atoms with Crippen LogP contribution in [0, 0.1) is 13.8 Å². The fraction of sp³-hybridized carbons (Fsp3) is 0.467. The molecule has 3 heterocycles. The van der Waals surface area contributed by atoms with Crippen LogP contribution in [0.2, 0.25) is 5.22 Å². The highest BCUT2D eigenvalue weighted by atomic mass is 35.5. The van der Waals surface area contributed by atoms with Gasteiger partial charge in [0.15, 0.2) is 11.0 Å². The first-order valence-electron chi connectivity index (χ1n) is 7.13. The Labute approximate surface area is 133 Å². The van der Waals surface area contributed by atoms with Gasteiger partial charge in [-0.3, -0.25) is 9.48 Å². The van der Waals surface area contributed by atoms with Gasteiger partial charge in [-0.25, -0.2) is 0 Å². The van der Waals surface area contributed by atoms with Crippen molar-refractivity contribution in [1.29, 1.82) is 0 Å². The molecule has 1 aliphatic heterocycles. The molecular weight excluding hydrogens is 306 g/mol. The standard InChI is InChI=1S/C15H18ClN3O3/c1-9-14(10(2)18(3)17-9)11-8-21-7-6-19(11)15(20)12-4-5-13(16)22-12/h4-5,11H,6-8H2,1-3H3/t11-/m0/s1. The molecule has 0 N–H and O–H groups in total. The molecule has 3 rings (SSSR count). The Bertz CT molecular complexity index is 707. The number of aromatic nitrogens is 2. The largest absolute Gasteiger partial charge is 0.440 e. The van der Waals surface area contributed by atoms with Gasteiger partial charge in [0.1, 0.15) is 0 Å². The zero-order chi connectivity index (χ0) is 15.9. The highest BCUT2D eigenvalue weighted by molar-refractivity contribution is 6.29. The lowest BCUT2D eigenvalue weighted by Crippen LogP contribution is -2.43. The van der Waals surface area contributed by atoms with Crippen LogP contribution in [0.4, 0.5) is 0 Å². The fourth-order valence-corrected chi connectivity index (χ4v) is 3.08. The van der Waals surface area contributed by atoms with Gasteiger partial charge >= 0.3 is 0 Å². The van der Waals surface area contributed by atoms with Crippen molar-refractivity contribution in [3.05, 3.63) is 40.1 Å². The number of ether oxygens (including phenoxy) is 1. The Morgan fingerprint density at radius 2 is 2.18 bits per heavy atom. The number of hydrogen-bond donors (Lipinski definition) is 0. The summed E-state index contributed by atoms with van der Waals surface area (Å²) in [6, 6.07) is 3.00. The molecule has 7 heteroatoms. The van der Waals surface area contributed by atoms with E-state index in [1.54, 1.807) is 17.0 Å². The Balaban J connectivity index is 1.96. The van der Waals surface area contributed by atoms with Gasteiger partial charge in [-0.15, -0.1) is 0 Å². The molecule has 1 amide bonds. The molecular formula is C15H18ClN3O3. The second-order valence-electron chi connectivity index (χ2n) is 5.40. The molecule has 6 nitrogen and oxygen atoms in total. The maximum absolute atomic E-state index is 12.7. The SMILES string of the molecule is Cc1nn(C)c(C)c1[C@@H]1COCCN1C(=O)c1ccc(Cl)o1. The van der Waals surface area contributed by atoms with E-state index in [1.165, 1.54) is 0 Å². The second-order valence-corrected chi connectivity index (χ2v) is 5.77. The predicted octanol–water partition coefficient (Wildman–Crippen LogP) is 2.50. The minimum absolute atomic E-state index is 0.168. The molecule has 2 aromatic rings. The van der Waals surface area contributed by atoms with Gasteiger partial charge in [0, 0.05) is 24.8 Å². The number of furan rings is 1. The lowest BCUT2D eigenvalue weighted by atomic mass is 10.0. The van der Waals surface area contributed by atoms with Crippen LogP contribution in [-0.4, -0.2) is 40.3 Å². The number of halogens is 1. The van der Waals surface area contributed by atoms with Crippen molar-refractivity contribution in [3.8, 4) is 0 Å². The zero-order valence-electron chi connectivity index (χ0n) is 12.8. The summed E-state index contributed by atoms with van der Waals surface area (Å²) in [7, 11) is 1.90. The smallest absolute Gasteiger partial charge is 0.290 e. The van der Waals surface area contributed by atoms with Gasteiger partial charge in [0.05, 0.1) is 24.9 Å². The van der Waals surface area contributed by atoms with Crippen LogP contribution in [0.3, 0.4) is 0 Å². The van der Waals surface area contributed by atoms with Crippen molar-refractivity contribution in [2.75, 3.05) is 19.8 Å². The van der Waals surface area contributed by atoms with Gasteiger partial charge < -0.3 is 14.1 Å². The summed E-state index contributed by atoms with van der Waals surface area (Å²) in [6.45, 7) is 5.41. The normalized spacial score (nSPS) is 18.7. The molecule has 0 aromatic carbocycles. The van der Waals surface area contributed by atoms with Gasteiger partial charge in [-0.05, 0) is 37.6 Å². The van der Waals surface area contributed by atoms with Crippen LogP contribution in [0.15, 0.2) is 16.5 Å². The lowest BCUT2D eigenvalue weighted by molar-refractivity contribution is -0.00459.